The van der Waals surface area contributed by atoms with Crippen molar-refractivity contribution in [3.63, 3.8) is 0 Å². The van der Waals surface area contributed by atoms with Gasteiger partial charge in [-0.25, -0.2) is 15.0 Å². The van der Waals surface area contributed by atoms with Crippen molar-refractivity contribution in [1.29, 1.82) is 0 Å². The van der Waals surface area contributed by atoms with Crippen LogP contribution in [0.3, 0.4) is 0 Å². The van der Waals surface area contributed by atoms with Crippen LogP contribution in [0.2, 0.25) is 0 Å². The number of nitrogens with zero attached hydrogens (tertiary/aromatic N) is 2. The summed E-state index contributed by atoms with van der Waals surface area (Å²) in [6.07, 6.45) is -1.36. The number of hydrogen-bond acceptors (Lipinski definition) is 5. The summed E-state index contributed by atoms with van der Waals surface area (Å²) in [5.74, 6) is 0. The molecule has 1 N–H and O–H groups in total. The molecule has 2 amide bonds. The van der Waals surface area contributed by atoms with E-state index in [2.05, 4.69) is 21.4 Å². The smallest absolute Gasteiger partial charge is 0.430 e. The molecular weight excluding hydrogens is 354 g/mol. The van der Waals surface area contributed by atoms with E-state index < -0.39 is 12.2 Å². The average Bonchev–Trinajstić information content (AvgIpc) is 2.47. The van der Waals surface area contributed by atoms with Crippen LogP contribution in [-0.4, -0.2) is 44.1 Å². The lowest BCUT2D eigenvalue weighted by atomic mass is 10.3. The van der Waals surface area contributed by atoms with Crippen LogP contribution < -0.4 is 10.3 Å². The fourth-order valence-corrected chi connectivity index (χ4v) is 1.87. The maximum Gasteiger partial charge on any atom is 0.430 e. The van der Waals surface area contributed by atoms with Gasteiger partial charge in [0.15, 0.2) is 0 Å². The molecule has 22 heavy (non-hydrogen) atoms. The van der Waals surface area contributed by atoms with Crippen LogP contribution in [0.4, 0.5) is 15.3 Å². The molecule has 0 unspecified atom stereocenters. The van der Waals surface area contributed by atoms with Gasteiger partial charge in [0, 0.05) is 17.2 Å². The second-order valence-corrected chi connectivity index (χ2v) is 5.19. The van der Waals surface area contributed by atoms with E-state index >= 15 is 0 Å². The molecule has 8 heteroatoms. The van der Waals surface area contributed by atoms with Crippen LogP contribution in [0.5, 0.6) is 0 Å². The van der Waals surface area contributed by atoms with E-state index in [0.29, 0.717) is 0 Å². The molecule has 0 saturated heterocycles. The number of carbonyl (C=O) groups is 2. The van der Waals surface area contributed by atoms with Gasteiger partial charge in [-0.3, -0.25) is 0 Å². The number of anilines is 1. The van der Waals surface area contributed by atoms with E-state index in [9.17, 15) is 9.59 Å². The van der Waals surface area contributed by atoms with E-state index in [-0.39, 0.29) is 19.9 Å². The maximum absolute atomic E-state index is 11.9. The van der Waals surface area contributed by atoms with Gasteiger partial charge in [0.1, 0.15) is 6.67 Å². The first-order chi connectivity index (χ1) is 10.5. The van der Waals surface area contributed by atoms with Crippen LogP contribution in [0.1, 0.15) is 13.8 Å². The van der Waals surface area contributed by atoms with Crippen molar-refractivity contribution in [3.8, 4) is 0 Å². The Labute approximate surface area is 138 Å². The normalized spacial score (nSPS) is 9.82. The molecule has 0 atom stereocenters. The molecule has 0 fully saturated rings. The van der Waals surface area contributed by atoms with Gasteiger partial charge in [0.05, 0.1) is 13.2 Å². The van der Waals surface area contributed by atoms with Crippen molar-refractivity contribution >= 4 is 33.8 Å². The first-order valence-corrected chi connectivity index (χ1v) is 7.61. The van der Waals surface area contributed by atoms with Gasteiger partial charge in [-0.15, -0.1) is 0 Å². The Kier molecular flexibility index (Phi) is 7.51. The summed E-state index contributed by atoms with van der Waals surface area (Å²) in [7, 11) is 1.79. The quantitative estimate of drug-likeness (QED) is 0.634. The highest BCUT2D eigenvalue weighted by Gasteiger charge is 2.20. The van der Waals surface area contributed by atoms with Gasteiger partial charge in [-0.2, -0.15) is 5.01 Å². The Hall–Kier alpha value is -1.96. The second-order valence-electron chi connectivity index (χ2n) is 4.28. The minimum atomic E-state index is -0.709. The Balaban J connectivity index is 2.75. The monoisotopic (exact) mass is 373 g/mol. The number of halogens is 1. The third-order valence-electron chi connectivity index (χ3n) is 2.61. The van der Waals surface area contributed by atoms with E-state index in [4.69, 9.17) is 9.47 Å². The van der Waals surface area contributed by atoms with Crippen LogP contribution >= 0.6 is 15.9 Å². The Morgan fingerprint density at radius 1 is 1.14 bits per heavy atom. The van der Waals surface area contributed by atoms with E-state index in [1.807, 2.05) is 24.3 Å². The second kappa shape index (κ2) is 9.14. The average molecular weight is 374 g/mol. The number of hydrazine groups is 1. The van der Waals surface area contributed by atoms with Crippen molar-refractivity contribution in [2.75, 3.05) is 31.8 Å². The highest BCUT2D eigenvalue weighted by molar-refractivity contribution is 9.10. The van der Waals surface area contributed by atoms with Crippen molar-refractivity contribution in [2.24, 2.45) is 0 Å². The van der Waals surface area contributed by atoms with Gasteiger partial charge in [-0.1, -0.05) is 15.9 Å². The first kappa shape index (κ1) is 18.1. The largest absolute Gasteiger partial charge is 0.449 e. The lowest BCUT2D eigenvalue weighted by Gasteiger charge is -2.28. The molecule has 0 saturated carbocycles. The molecule has 0 aromatic heterocycles. The topological polar surface area (TPSA) is 71.1 Å². The molecule has 122 valence electrons. The predicted molar refractivity (Wildman–Crippen MR) is 86.4 cm³/mol. The molecule has 0 radical (unpaired) electrons. The number of carbonyl (C=O) groups excluding carboxylic acids is 2. The molecule has 1 aromatic carbocycles. The molecule has 7 nitrogen and oxygen atoms in total. The van der Waals surface area contributed by atoms with Gasteiger partial charge in [-0.05, 0) is 38.1 Å². The molecule has 0 heterocycles. The van der Waals surface area contributed by atoms with Crippen molar-refractivity contribution in [3.05, 3.63) is 28.7 Å². The fourth-order valence-electron chi connectivity index (χ4n) is 1.60. The highest BCUT2D eigenvalue weighted by atomic mass is 79.9. The number of benzene rings is 1. The number of hydrogen-bond donors (Lipinski definition) is 1. The Morgan fingerprint density at radius 3 is 2.27 bits per heavy atom. The van der Waals surface area contributed by atoms with E-state index in [0.717, 1.165) is 15.2 Å². The summed E-state index contributed by atoms with van der Waals surface area (Å²) < 4.78 is 10.7. The fraction of sp³-hybridized carbons (Fsp3) is 0.429. The summed E-state index contributed by atoms with van der Waals surface area (Å²) in [6, 6.07) is 7.55. The van der Waals surface area contributed by atoms with E-state index in [1.54, 1.807) is 25.8 Å². The van der Waals surface area contributed by atoms with Gasteiger partial charge >= 0.3 is 12.2 Å². The molecule has 0 aliphatic carbocycles. The van der Waals surface area contributed by atoms with Crippen LogP contribution in [0.15, 0.2) is 28.7 Å². The first-order valence-electron chi connectivity index (χ1n) is 6.82. The molecule has 0 aliphatic rings. The lowest BCUT2D eigenvalue weighted by molar-refractivity contribution is 0.0748. The van der Waals surface area contributed by atoms with E-state index in [1.165, 1.54) is 0 Å². The SMILES string of the molecule is CCOC(=O)NN(CN(C)c1ccc(Br)cc1)C(=O)OCC. The third-order valence-corrected chi connectivity index (χ3v) is 3.14. The summed E-state index contributed by atoms with van der Waals surface area (Å²) in [4.78, 5) is 25.2. The summed E-state index contributed by atoms with van der Waals surface area (Å²) >= 11 is 3.36. The zero-order valence-corrected chi connectivity index (χ0v) is 14.4. The Morgan fingerprint density at radius 2 is 1.73 bits per heavy atom. The molecule has 1 aromatic rings. The molecule has 0 aliphatic heterocycles. The minimum Gasteiger partial charge on any atom is -0.449 e. The maximum atomic E-state index is 11.9. The number of rotatable bonds is 5. The summed E-state index contributed by atoms with van der Waals surface area (Å²) in [5, 5.41) is 1.06. The van der Waals surface area contributed by atoms with Gasteiger partial charge in [0.2, 0.25) is 0 Å². The zero-order valence-electron chi connectivity index (χ0n) is 12.8. The van der Waals surface area contributed by atoms with Crippen molar-refractivity contribution in [2.45, 2.75) is 13.8 Å². The number of amides is 2. The zero-order chi connectivity index (χ0) is 16.5. The molecule has 0 spiro atoms. The molecule has 1 rings (SSSR count). The lowest BCUT2D eigenvalue weighted by Crippen LogP contribution is -2.51. The summed E-state index contributed by atoms with van der Waals surface area (Å²) in [6.45, 7) is 3.91. The van der Waals surface area contributed by atoms with Crippen LogP contribution in [0, 0.1) is 0 Å². The third kappa shape index (κ3) is 5.80. The minimum absolute atomic E-state index is 0.110. The van der Waals surface area contributed by atoms with Crippen LogP contribution in [-0.2, 0) is 9.47 Å². The van der Waals surface area contributed by atoms with Crippen molar-refractivity contribution in [1.82, 2.24) is 10.4 Å². The number of ether oxygens (including phenoxy) is 2. The molecule has 0 bridgehead atoms. The highest BCUT2D eigenvalue weighted by Crippen LogP contribution is 2.17. The van der Waals surface area contributed by atoms with Gasteiger partial charge < -0.3 is 14.4 Å². The van der Waals surface area contributed by atoms with Crippen molar-refractivity contribution < 1.29 is 19.1 Å². The predicted octanol–water partition coefficient (Wildman–Crippen LogP) is 2.96. The number of nitrogens with one attached hydrogen (secondary N) is 1. The molecular formula is C14H20BrN3O4. The Bertz CT molecular complexity index is 495. The van der Waals surface area contributed by atoms with Crippen LogP contribution in [0.25, 0.3) is 0 Å². The summed E-state index contributed by atoms with van der Waals surface area (Å²) in [5.41, 5.74) is 3.24. The standard InChI is InChI=1S/C14H20BrN3O4/c1-4-21-13(19)16-18(14(20)22-5-2)10-17(3)12-8-6-11(15)7-9-12/h6-9H,4-5,10H2,1-3H3,(H,16,19). The van der Waals surface area contributed by atoms with Gasteiger partial charge in [0.25, 0.3) is 0 Å².